The molecule has 0 radical (unpaired) electrons. The second kappa shape index (κ2) is 9.15. The minimum atomic E-state index is 0.0910. The van der Waals surface area contributed by atoms with Crippen molar-refractivity contribution >= 4 is 5.91 Å². The molecule has 1 saturated heterocycles. The second-order valence-corrected chi connectivity index (χ2v) is 7.18. The number of allylic oxidation sites excluding steroid dienone is 1. The molecule has 1 N–H and O–H groups in total. The van der Waals surface area contributed by atoms with Gasteiger partial charge in [0, 0.05) is 25.8 Å². The summed E-state index contributed by atoms with van der Waals surface area (Å²) >= 11 is 0. The first-order valence-corrected chi connectivity index (χ1v) is 9.46. The Morgan fingerprint density at radius 1 is 1.44 bits per heavy atom. The highest BCUT2D eigenvalue weighted by Crippen LogP contribution is 2.19. The molecule has 6 heteroatoms. The van der Waals surface area contributed by atoms with E-state index in [0.29, 0.717) is 13.2 Å². The van der Waals surface area contributed by atoms with Crippen LogP contribution >= 0.6 is 0 Å². The maximum Gasteiger partial charge on any atom is 0.234 e. The Kier molecular flexibility index (Phi) is 6.64. The first kappa shape index (κ1) is 18.1. The minimum absolute atomic E-state index is 0.0910. The highest BCUT2D eigenvalue weighted by molar-refractivity contribution is 5.78. The van der Waals surface area contributed by atoms with Crippen molar-refractivity contribution in [2.45, 2.75) is 51.7 Å². The van der Waals surface area contributed by atoms with Crippen molar-refractivity contribution in [2.24, 2.45) is 0 Å². The minimum Gasteiger partial charge on any atom is -0.374 e. The number of ether oxygens (including phenoxy) is 1. The van der Waals surface area contributed by atoms with E-state index in [-0.39, 0.29) is 12.0 Å². The fourth-order valence-corrected chi connectivity index (χ4v) is 3.56. The van der Waals surface area contributed by atoms with Gasteiger partial charge in [-0.1, -0.05) is 11.6 Å². The number of carbonyl (C=O) groups is 1. The van der Waals surface area contributed by atoms with Crippen molar-refractivity contribution in [3.63, 3.8) is 0 Å². The van der Waals surface area contributed by atoms with Crippen LogP contribution in [0, 0.1) is 6.92 Å². The molecule has 0 saturated carbocycles. The van der Waals surface area contributed by atoms with Crippen LogP contribution in [0.25, 0.3) is 0 Å². The van der Waals surface area contributed by atoms with Gasteiger partial charge >= 0.3 is 0 Å². The zero-order valence-electron chi connectivity index (χ0n) is 15.2. The van der Waals surface area contributed by atoms with Crippen LogP contribution in [0.5, 0.6) is 0 Å². The van der Waals surface area contributed by atoms with Gasteiger partial charge in [0.1, 0.15) is 0 Å². The SMILES string of the molecule is Cc1cnn(C[C@@H]2CN(CC(=O)NCCC3=CCCCC3)CCO2)c1. The quantitative estimate of drug-likeness (QED) is 0.766. The van der Waals surface area contributed by atoms with Crippen molar-refractivity contribution < 1.29 is 9.53 Å². The van der Waals surface area contributed by atoms with Crippen molar-refractivity contribution in [3.05, 3.63) is 29.6 Å². The van der Waals surface area contributed by atoms with Gasteiger partial charge in [0.2, 0.25) is 5.91 Å². The summed E-state index contributed by atoms with van der Waals surface area (Å²) in [6, 6.07) is 0. The summed E-state index contributed by atoms with van der Waals surface area (Å²) in [5.41, 5.74) is 2.66. The Labute approximate surface area is 150 Å². The number of hydrogen-bond acceptors (Lipinski definition) is 4. The average Bonchev–Trinajstić information content (AvgIpc) is 3.01. The summed E-state index contributed by atoms with van der Waals surface area (Å²) in [5.74, 6) is 0.118. The second-order valence-electron chi connectivity index (χ2n) is 7.18. The third kappa shape index (κ3) is 5.97. The molecule has 25 heavy (non-hydrogen) atoms. The third-order valence-corrected chi connectivity index (χ3v) is 4.90. The average molecular weight is 346 g/mol. The van der Waals surface area contributed by atoms with Crippen LogP contribution in [-0.4, -0.2) is 59.5 Å². The number of hydrogen-bond donors (Lipinski definition) is 1. The summed E-state index contributed by atoms with van der Waals surface area (Å²) in [6.07, 6.45) is 12.3. The number of morpholine rings is 1. The van der Waals surface area contributed by atoms with Gasteiger partial charge in [-0.25, -0.2) is 0 Å². The Morgan fingerprint density at radius 2 is 2.36 bits per heavy atom. The van der Waals surface area contributed by atoms with Crippen molar-refractivity contribution in [1.82, 2.24) is 20.0 Å². The highest BCUT2D eigenvalue weighted by atomic mass is 16.5. The van der Waals surface area contributed by atoms with Gasteiger partial charge < -0.3 is 10.1 Å². The van der Waals surface area contributed by atoms with E-state index in [4.69, 9.17) is 4.74 Å². The van der Waals surface area contributed by atoms with Crippen molar-refractivity contribution in [3.8, 4) is 0 Å². The molecule has 2 aliphatic rings. The summed E-state index contributed by atoms with van der Waals surface area (Å²) in [6.45, 7) is 6.24. The maximum absolute atomic E-state index is 12.2. The molecule has 1 atom stereocenters. The van der Waals surface area contributed by atoms with E-state index in [9.17, 15) is 4.79 Å². The molecule has 1 fully saturated rings. The normalized spacial score (nSPS) is 21.8. The lowest BCUT2D eigenvalue weighted by Gasteiger charge is -2.32. The lowest BCUT2D eigenvalue weighted by Crippen LogP contribution is -2.48. The zero-order chi connectivity index (χ0) is 17.5. The highest BCUT2D eigenvalue weighted by Gasteiger charge is 2.22. The maximum atomic E-state index is 12.2. The van der Waals surface area contributed by atoms with Gasteiger partial charge in [0.25, 0.3) is 0 Å². The number of nitrogens with zero attached hydrogens (tertiary/aromatic N) is 3. The lowest BCUT2D eigenvalue weighted by molar-refractivity contribution is -0.124. The fraction of sp³-hybridized carbons (Fsp3) is 0.684. The number of amides is 1. The van der Waals surface area contributed by atoms with E-state index >= 15 is 0 Å². The molecule has 1 amide bonds. The molecular formula is C19H30N4O2. The molecule has 1 aliphatic carbocycles. The predicted octanol–water partition coefficient (Wildman–Crippen LogP) is 1.90. The van der Waals surface area contributed by atoms with E-state index in [0.717, 1.165) is 38.2 Å². The van der Waals surface area contributed by atoms with Gasteiger partial charge in [0.05, 0.1) is 32.0 Å². The van der Waals surface area contributed by atoms with Gasteiger partial charge in [-0.2, -0.15) is 5.10 Å². The molecule has 0 spiro atoms. The lowest BCUT2D eigenvalue weighted by atomic mass is 9.97. The molecule has 1 aromatic heterocycles. The first-order valence-electron chi connectivity index (χ1n) is 9.46. The molecule has 6 nitrogen and oxygen atoms in total. The predicted molar refractivity (Wildman–Crippen MR) is 97.3 cm³/mol. The van der Waals surface area contributed by atoms with Crippen LogP contribution in [0.3, 0.4) is 0 Å². The number of carbonyl (C=O) groups excluding carboxylic acids is 1. The smallest absolute Gasteiger partial charge is 0.234 e. The topological polar surface area (TPSA) is 59.4 Å². The van der Waals surface area contributed by atoms with E-state index in [1.807, 2.05) is 24.0 Å². The van der Waals surface area contributed by atoms with Gasteiger partial charge in [-0.3, -0.25) is 14.4 Å². The molecule has 0 aromatic carbocycles. The third-order valence-electron chi connectivity index (χ3n) is 4.90. The molecule has 1 aliphatic heterocycles. The van der Waals surface area contributed by atoms with Crippen LogP contribution in [-0.2, 0) is 16.1 Å². The monoisotopic (exact) mass is 346 g/mol. The molecular weight excluding hydrogens is 316 g/mol. The van der Waals surface area contributed by atoms with Crippen molar-refractivity contribution in [2.75, 3.05) is 32.8 Å². The van der Waals surface area contributed by atoms with Crippen LogP contribution in [0.4, 0.5) is 0 Å². The Morgan fingerprint density at radius 3 is 3.12 bits per heavy atom. The number of aromatic nitrogens is 2. The van der Waals surface area contributed by atoms with Gasteiger partial charge in [-0.05, 0) is 44.6 Å². The first-order chi connectivity index (χ1) is 12.2. The molecule has 0 bridgehead atoms. The van der Waals surface area contributed by atoms with Crippen LogP contribution in [0.1, 0.15) is 37.7 Å². The number of rotatable bonds is 7. The molecule has 0 unspecified atom stereocenters. The largest absolute Gasteiger partial charge is 0.374 e. The molecule has 1 aromatic rings. The van der Waals surface area contributed by atoms with E-state index in [2.05, 4.69) is 21.4 Å². The van der Waals surface area contributed by atoms with Crippen molar-refractivity contribution in [1.29, 1.82) is 0 Å². The molecule has 3 rings (SSSR count). The summed E-state index contributed by atoms with van der Waals surface area (Å²) in [4.78, 5) is 14.4. The zero-order valence-corrected chi connectivity index (χ0v) is 15.2. The molecule has 2 heterocycles. The van der Waals surface area contributed by atoms with Crippen LogP contribution in [0.2, 0.25) is 0 Å². The Balaban J connectivity index is 1.36. The Hall–Kier alpha value is -1.66. The number of aryl methyl sites for hydroxylation is 1. The van der Waals surface area contributed by atoms with E-state index < -0.39 is 0 Å². The van der Waals surface area contributed by atoms with Gasteiger partial charge in [-0.15, -0.1) is 0 Å². The van der Waals surface area contributed by atoms with E-state index in [1.165, 1.54) is 31.3 Å². The molecule has 138 valence electrons. The fourth-order valence-electron chi connectivity index (χ4n) is 3.56. The Bertz CT molecular complexity index is 596. The number of nitrogens with one attached hydrogen (secondary N) is 1. The van der Waals surface area contributed by atoms with Gasteiger partial charge in [0.15, 0.2) is 0 Å². The summed E-state index contributed by atoms with van der Waals surface area (Å²) in [7, 11) is 0. The standard InChI is InChI=1S/C19H30N4O2/c1-16-11-21-23(12-16)14-18-13-22(9-10-25-18)15-19(24)20-8-7-17-5-3-2-4-6-17/h5,11-12,18H,2-4,6-10,13-15H2,1H3,(H,20,24)/t18-/m0/s1. The van der Waals surface area contributed by atoms with E-state index in [1.54, 1.807) is 0 Å². The van der Waals surface area contributed by atoms with Crippen LogP contribution in [0.15, 0.2) is 24.0 Å². The summed E-state index contributed by atoms with van der Waals surface area (Å²) < 4.78 is 7.74. The van der Waals surface area contributed by atoms with Crippen LogP contribution < -0.4 is 5.32 Å². The summed E-state index contributed by atoms with van der Waals surface area (Å²) in [5, 5.41) is 7.38.